The number of hydrogen-bond donors (Lipinski definition) is 3. The normalized spacial score (nSPS) is 10.9. The Kier molecular flexibility index (Phi) is 7.52. The number of nitrogens with one attached hydrogen (secondary N) is 3. The van der Waals surface area contributed by atoms with Crippen LogP contribution < -0.4 is 16.0 Å². The fourth-order valence-electron chi connectivity index (χ4n) is 1.58. The van der Waals surface area contributed by atoms with Gasteiger partial charge in [0.25, 0.3) is 0 Å². The minimum absolute atomic E-state index is 0.0738. The summed E-state index contributed by atoms with van der Waals surface area (Å²) in [5.74, 6) is -0.563. The maximum Gasteiger partial charge on any atom is 0.246 e. The van der Waals surface area contributed by atoms with Crippen molar-refractivity contribution in [3.05, 3.63) is 30.1 Å². The van der Waals surface area contributed by atoms with Crippen LogP contribution in [0, 0.1) is 5.82 Å². The Balaban J connectivity index is 2.55. The van der Waals surface area contributed by atoms with E-state index in [4.69, 9.17) is 0 Å². The largest absolute Gasteiger partial charge is 0.357 e. The van der Waals surface area contributed by atoms with Crippen molar-refractivity contribution < 1.29 is 14.0 Å². The topological polar surface area (TPSA) is 85.8 Å². The predicted molar refractivity (Wildman–Crippen MR) is 87.7 cm³/mol. The van der Waals surface area contributed by atoms with Gasteiger partial charge in [-0.25, -0.2) is 9.38 Å². The number of hydrogen-bond acceptors (Lipinski definition) is 3. The number of nitrogens with zero attached hydrogens (tertiary/aromatic N) is 2. The highest BCUT2D eigenvalue weighted by Gasteiger charge is 2.07. The predicted octanol–water partition coefficient (Wildman–Crippen LogP) is 0.407. The molecule has 23 heavy (non-hydrogen) atoms. The van der Waals surface area contributed by atoms with E-state index in [-0.39, 0.29) is 24.9 Å². The van der Waals surface area contributed by atoms with Crippen LogP contribution in [0.15, 0.2) is 29.3 Å². The molecule has 0 fully saturated rings. The summed E-state index contributed by atoms with van der Waals surface area (Å²) in [4.78, 5) is 28.9. The van der Waals surface area contributed by atoms with Gasteiger partial charge in [-0.15, -0.1) is 0 Å². The zero-order chi connectivity index (χ0) is 17.2. The lowest BCUT2D eigenvalue weighted by Gasteiger charge is -2.14. The summed E-state index contributed by atoms with van der Waals surface area (Å²) in [6.45, 7) is 2.39. The van der Waals surface area contributed by atoms with Crippen LogP contribution in [0.5, 0.6) is 0 Å². The number of halogens is 1. The Morgan fingerprint density at radius 3 is 2.61 bits per heavy atom. The molecule has 0 unspecified atom stereocenters. The Labute approximate surface area is 135 Å². The van der Waals surface area contributed by atoms with Crippen LogP contribution >= 0.6 is 0 Å². The molecule has 126 valence electrons. The van der Waals surface area contributed by atoms with E-state index in [0.29, 0.717) is 18.2 Å². The Morgan fingerprint density at radius 2 is 2.00 bits per heavy atom. The molecule has 1 rings (SSSR count). The van der Waals surface area contributed by atoms with Gasteiger partial charge < -0.3 is 20.9 Å². The fraction of sp³-hybridized carbons (Fsp3) is 0.400. The van der Waals surface area contributed by atoms with Crippen LogP contribution in [0.25, 0.3) is 0 Å². The van der Waals surface area contributed by atoms with Crippen molar-refractivity contribution in [3.8, 4) is 0 Å². The van der Waals surface area contributed by atoms with Crippen LogP contribution in [-0.4, -0.2) is 56.4 Å². The number of likely N-dealkylation sites (N-methyl/N-ethyl adjacent to an activating group) is 1. The van der Waals surface area contributed by atoms with Crippen molar-refractivity contribution in [2.75, 3.05) is 39.0 Å². The number of benzene rings is 1. The number of carbonyl (C=O) groups excluding carboxylic acids is 2. The Bertz CT molecular complexity index is 575. The summed E-state index contributed by atoms with van der Waals surface area (Å²) in [5.41, 5.74) is 0.367. The van der Waals surface area contributed by atoms with Gasteiger partial charge in [0, 0.05) is 26.3 Å². The molecule has 1 aromatic rings. The van der Waals surface area contributed by atoms with Crippen molar-refractivity contribution in [1.82, 2.24) is 15.5 Å². The molecule has 0 aliphatic heterocycles. The number of aliphatic imine (C=N–C) groups is 1. The van der Waals surface area contributed by atoms with E-state index in [1.807, 2.05) is 6.92 Å². The lowest BCUT2D eigenvalue weighted by Crippen LogP contribution is -2.43. The number of rotatable bonds is 6. The van der Waals surface area contributed by atoms with Gasteiger partial charge >= 0.3 is 0 Å². The quantitative estimate of drug-likeness (QED) is 0.523. The van der Waals surface area contributed by atoms with E-state index >= 15 is 0 Å². The zero-order valence-electron chi connectivity index (χ0n) is 13.5. The molecule has 0 spiro atoms. The Morgan fingerprint density at radius 1 is 1.26 bits per heavy atom. The highest BCUT2D eigenvalue weighted by atomic mass is 19.1. The van der Waals surface area contributed by atoms with E-state index in [9.17, 15) is 14.0 Å². The fourth-order valence-corrected chi connectivity index (χ4v) is 1.58. The molecule has 0 aliphatic carbocycles. The third-order valence-electron chi connectivity index (χ3n) is 2.74. The average molecular weight is 323 g/mol. The standard InChI is InChI=1S/C15H22FN5O2/c1-4-17-15(19-10-14(23)21(2)3)18-9-13(22)20-12-7-5-6-11(16)8-12/h5-8H,4,9-10H2,1-3H3,(H,20,22)(H2,17,18,19). The first kappa shape index (κ1) is 18.4. The minimum atomic E-state index is -0.427. The van der Waals surface area contributed by atoms with E-state index in [0.717, 1.165) is 0 Å². The van der Waals surface area contributed by atoms with Crippen LogP contribution in [0.3, 0.4) is 0 Å². The molecular formula is C15H22FN5O2. The van der Waals surface area contributed by atoms with E-state index in [2.05, 4.69) is 20.9 Å². The molecule has 0 aliphatic rings. The maximum absolute atomic E-state index is 13.0. The number of carbonyl (C=O) groups is 2. The number of anilines is 1. The van der Waals surface area contributed by atoms with E-state index in [1.54, 1.807) is 20.2 Å². The van der Waals surface area contributed by atoms with Gasteiger partial charge in [0.15, 0.2) is 5.96 Å². The smallest absolute Gasteiger partial charge is 0.246 e. The number of guanidine groups is 1. The molecular weight excluding hydrogens is 301 g/mol. The van der Waals surface area contributed by atoms with Crippen LogP contribution in [-0.2, 0) is 9.59 Å². The second-order valence-electron chi connectivity index (χ2n) is 4.90. The molecule has 0 bridgehead atoms. The molecule has 7 nitrogen and oxygen atoms in total. The molecule has 0 heterocycles. The Hall–Kier alpha value is -2.64. The monoisotopic (exact) mass is 323 g/mol. The number of amides is 2. The van der Waals surface area contributed by atoms with Gasteiger partial charge in [0.05, 0.1) is 6.54 Å². The highest BCUT2D eigenvalue weighted by Crippen LogP contribution is 2.08. The van der Waals surface area contributed by atoms with E-state index < -0.39 is 5.82 Å². The molecule has 0 radical (unpaired) electrons. The summed E-state index contributed by atoms with van der Waals surface area (Å²) in [5, 5.41) is 8.32. The lowest BCUT2D eigenvalue weighted by atomic mass is 10.3. The molecule has 0 saturated carbocycles. The molecule has 1 aromatic carbocycles. The van der Waals surface area contributed by atoms with Crippen LogP contribution in [0.1, 0.15) is 6.92 Å². The lowest BCUT2D eigenvalue weighted by molar-refractivity contribution is -0.127. The average Bonchev–Trinajstić information content (AvgIpc) is 2.49. The summed E-state index contributed by atoms with van der Waals surface area (Å²) >= 11 is 0. The molecule has 8 heteroatoms. The molecule has 3 N–H and O–H groups in total. The minimum Gasteiger partial charge on any atom is -0.357 e. The van der Waals surface area contributed by atoms with E-state index in [1.165, 1.54) is 23.1 Å². The SMILES string of the molecule is CCNC(=NCC(=O)Nc1cccc(F)c1)NCC(=O)N(C)C. The summed E-state index contributed by atoms with van der Waals surface area (Å²) < 4.78 is 13.0. The summed E-state index contributed by atoms with van der Waals surface area (Å²) in [6, 6.07) is 5.61. The van der Waals surface area contributed by atoms with Crippen molar-refractivity contribution in [1.29, 1.82) is 0 Å². The van der Waals surface area contributed by atoms with Crippen molar-refractivity contribution in [3.63, 3.8) is 0 Å². The highest BCUT2D eigenvalue weighted by molar-refractivity contribution is 5.94. The van der Waals surface area contributed by atoms with Crippen molar-refractivity contribution in [2.24, 2.45) is 4.99 Å². The van der Waals surface area contributed by atoms with Crippen molar-refractivity contribution >= 4 is 23.5 Å². The second kappa shape index (κ2) is 9.39. The van der Waals surface area contributed by atoms with Gasteiger partial charge in [-0.3, -0.25) is 9.59 Å². The van der Waals surface area contributed by atoms with Gasteiger partial charge in [0.2, 0.25) is 11.8 Å². The van der Waals surface area contributed by atoms with Crippen molar-refractivity contribution in [2.45, 2.75) is 6.92 Å². The van der Waals surface area contributed by atoms with Gasteiger partial charge in [0.1, 0.15) is 12.4 Å². The van der Waals surface area contributed by atoms with Gasteiger partial charge in [-0.1, -0.05) is 6.07 Å². The summed E-state index contributed by atoms with van der Waals surface area (Å²) in [6.07, 6.45) is 0. The molecule has 0 atom stereocenters. The molecule has 2 amide bonds. The maximum atomic E-state index is 13.0. The third-order valence-corrected chi connectivity index (χ3v) is 2.74. The van der Waals surface area contributed by atoms with Crippen LogP contribution in [0.2, 0.25) is 0 Å². The van der Waals surface area contributed by atoms with Gasteiger partial charge in [-0.05, 0) is 25.1 Å². The first-order valence-electron chi connectivity index (χ1n) is 7.20. The first-order chi connectivity index (χ1) is 10.9. The van der Waals surface area contributed by atoms with Crippen LogP contribution in [0.4, 0.5) is 10.1 Å². The molecule has 0 aromatic heterocycles. The van der Waals surface area contributed by atoms with Gasteiger partial charge in [-0.2, -0.15) is 0 Å². The second-order valence-corrected chi connectivity index (χ2v) is 4.90. The third kappa shape index (κ3) is 7.25. The first-order valence-corrected chi connectivity index (χ1v) is 7.20. The zero-order valence-corrected chi connectivity index (χ0v) is 13.5. The summed E-state index contributed by atoms with van der Waals surface area (Å²) in [7, 11) is 3.31. The molecule has 0 saturated heterocycles.